The summed E-state index contributed by atoms with van der Waals surface area (Å²) in [7, 11) is 0. The van der Waals surface area contributed by atoms with Gasteiger partial charge in [-0.05, 0) is 49.7 Å². The first-order valence-corrected chi connectivity index (χ1v) is 10.1. The summed E-state index contributed by atoms with van der Waals surface area (Å²) in [4.78, 5) is 36.7. The van der Waals surface area contributed by atoms with Crippen LogP contribution in [0.2, 0.25) is 0 Å². The normalized spacial score (nSPS) is 20.5. The number of carbonyl (C=O) groups excluding carboxylic acids is 2. The molecule has 1 spiro atoms. The van der Waals surface area contributed by atoms with Gasteiger partial charge in [0.1, 0.15) is 11.5 Å². The number of H-pyrrole nitrogens is 1. The molecule has 0 bridgehead atoms. The first-order chi connectivity index (χ1) is 14.6. The van der Waals surface area contributed by atoms with Crippen molar-refractivity contribution in [3.05, 3.63) is 65.7 Å². The molecule has 1 unspecified atom stereocenters. The maximum atomic E-state index is 12.5. The van der Waals surface area contributed by atoms with Crippen LogP contribution < -0.4 is 16.0 Å². The lowest BCUT2D eigenvalue weighted by Crippen LogP contribution is -2.54. The fourth-order valence-corrected chi connectivity index (χ4v) is 4.32. The Kier molecular flexibility index (Phi) is 4.55. The molecule has 2 aliphatic heterocycles. The summed E-state index contributed by atoms with van der Waals surface area (Å²) in [5.74, 6) is 0.0493. The van der Waals surface area contributed by atoms with E-state index in [-0.39, 0.29) is 17.2 Å². The van der Waals surface area contributed by atoms with E-state index in [1.54, 1.807) is 36.7 Å². The molecule has 2 aliphatic rings. The standard InChI is InChI=1S/C22H22N6O2/c29-20-15-11-17(27-19(15)22(13-26-20)6-3-7-23-12-22)14-5-9-25-18(10-14)28-21(30)16-4-1-2-8-24-16/h1-2,4-5,8-11,23,27H,3,6-7,12-13H2,(H,26,29)(H,25,28,30). The molecule has 2 amide bonds. The first kappa shape index (κ1) is 18.5. The number of nitrogens with zero attached hydrogens (tertiary/aromatic N) is 2. The molecule has 3 aromatic heterocycles. The molecule has 0 aromatic carbocycles. The fourth-order valence-electron chi connectivity index (χ4n) is 4.32. The number of piperidine rings is 1. The molecular formula is C22H22N6O2. The molecule has 1 atom stereocenters. The quantitative estimate of drug-likeness (QED) is 0.536. The van der Waals surface area contributed by atoms with Crippen molar-refractivity contribution < 1.29 is 9.59 Å². The summed E-state index contributed by atoms with van der Waals surface area (Å²) in [6.45, 7) is 2.47. The Morgan fingerprint density at radius 2 is 2.03 bits per heavy atom. The number of anilines is 1. The molecule has 3 aromatic rings. The number of hydrogen-bond donors (Lipinski definition) is 4. The van der Waals surface area contributed by atoms with E-state index in [1.807, 2.05) is 12.1 Å². The van der Waals surface area contributed by atoms with Crippen LogP contribution in [0, 0.1) is 0 Å². The van der Waals surface area contributed by atoms with Crippen LogP contribution in [-0.2, 0) is 5.41 Å². The monoisotopic (exact) mass is 402 g/mol. The summed E-state index contributed by atoms with van der Waals surface area (Å²) < 4.78 is 0. The van der Waals surface area contributed by atoms with Crippen molar-refractivity contribution in [2.75, 3.05) is 25.0 Å². The van der Waals surface area contributed by atoms with Gasteiger partial charge in [-0.25, -0.2) is 4.98 Å². The molecule has 8 nitrogen and oxygen atoms in total. The van der Waals surface area contributed by atoms with E-state index in [2.05, 4.69) is 30.9 Å². The maximum Gasteiger partial charge on any atom is 0.275 e. The summed E-state index contributed by atoms with van der Waals surface area (Å²) in [5.41, 5.74) is 3.58. The number of hydrogen-bond acceptors (Lipinski definition) is 5. The van der Waals surface area contributed by atoms with Crippen molar-refractivity contribution in [3.63, 3.8) is 0 Å². The van der Waals surface area contributed by atoms with Gasteiger partial charge in [-0.1, -0.05) is 6.07 Å². The average Bonchev–Trinajstić information content (AvgIpc) is 3.26. The Labute approximate surface area is 173 Å². The minimum absolute atomic E-state index is 0.0542. The van der Waals surface area contributed by atoms with Gasteiger partial charge in [0.2, 0.25) is 0 Å². The molecule has 1 fully saturated rings. The van der Waals surface area contributed by atoms with Crippen LogP contribution >= 0.6 is 0 Å². The molecular weight excluding hydrogens is 380 g/mol. The third-order valence-electron chi connectivity index (χ3n) is 5.86. The van der Waals surface area contributed by atoms with Gasteiger partial charge in [-0.3, -0.25) is 14.6 Å². The SMILES string of the molecule is O=C(Nc1cc(-c2cc3c([nH]2)C2(CCCNC2)CNC3=O)ccn1)c1ccccn1. The molecule has 5 rings (SSSR count). The topological polar surface area (TPSA) is 112 Å². The van der Waals surface area contributed by atoms with Gasteiger partial charge in [0.05, 0.1) is 5.56 Å². The molecule has 1 saturated heterocycles. The number of pyridine rings is 2. The highest BCUT2D eigenvalue weighted by Gasteiger charge is 2.42. The summed E-state index contributed by atoms with van der Waals surface area (Å²) >= 11 is 0. The average molecular weight is 402 g/mol. The Bertz CT molecular complexity index is 1100. The van der Waals surface area contributed by atoms with E-state index in [1.165, 1.54) is 0 Å². The van der Waals surface area contributed by atoms with E-state index in [9.17, 15) is 9.59 Å². The molecule has 30 heavy (non-hydrogen) atoms. The van der Waals surface area contributed by atoms with E-state index >= 15 is 0 Å². The van der Waals surface area contributed by atoms with Crippen LogP contribution in [0.15, 0.2) is 48.8 Å². The second kappa shape index (κ2) is 7.38. The van der Waals surface area contributed by atoms with Gasteiger partial charge in [-0.15, -0.1) is 0 Å². The van der Waals surface area contributed by atoms with Crippen LogP contribution in [0.3, 0.4) is 0 Å². The van der Waals surface area contributed by atoms with Crippen molar-refractivity contribution >= 4 is 17.6 Å². The minimum atomic E-state index is -0.322. The van der Waals surface area contributed by atoms with Crippen LogP contribution in [0.25, 0.3) is 11.3 Å². The van der Waals surface area contributed by atoms with Crippen molar-refractivity contribution in [2.45, 2.75) is 18.3 Å². The van der Waals surface area contributed by atoms with E-state index in [4.69, 9.17) is 0 Å². The Morgan fingerprint density at radius 1 is 1.10 bits per heavy atom. The number of aromatic amines is 1. The number of nitrogens with one attached hydrogen (secondary N) is 4. The van der Waals surface area contributed by atoms with Crippen LogP contribution in [-0.4, -0.2) is 46.4 Å². The largest absolute Gasteiger partial charge is 0.357 e. The Morgan fingerprint density at radius 3 is 2.83 bits per heavy atom. The Hall–Kier alpha value is -3.52. The second-order valence-corrected chi connectivity index (χ2v) is 7.81. The lowest BCUT2D eigenvalue weighted by Gasteiger charge is -2.40. The van der Waals surface area contributed by atoms with Crippen LogP contribution in [0.4, 0.5) is 5.82 Å². The molecule has 4 N–H and O–H groups in total. The zero-order valence-electron chi connectivity index (χ0n) is 16.4. The lowest BCUT2D eigenvalue weighted by molar-refractivity contribution is 0.0915. The van der Waals surface area contributed by atoms with Gasteiger partial charge in [0, 0.05) is 47.8 Å². The van der Waals surface area contributed by atoms with Gasteiger partial charge in [-0.2, -0.15) is 0 Å². The van der Waals surface area contributed by atoms with Crippen molar-refractivity contribution in [2.24, 2.45) is 0 Å². The third kappa shape index (κ3) is 3.25. The molecule has 5 heterocycles. The third-order valence-corrected chi connectivity index (χ3v) is 5.86. The number of rotatable bonds is 3. The van der Waals surface area contributed by atoms with Crippen molar-refractivity contribution in [3.8, 4) is 11.3 Å². The fraction of sp³-hybridized carbons (Fsp3) is 0.273. The molecule has 8 heteroatoms. The van der Waals surface area contributed by atoms with E-state index in [0.717, 1.165) is 42.9 Å². The van der Waals surface area contributed by atoms with Crippen molar-refractivity contribution in [1.82, 2.24) is 25.6 Å². The summed E-state index contributed by atoms with van der Waals surface area (Å²) in [6, 6.07) is 10.7. The van der Waals surface area contributed by atoms with Crippen LogP contribution in [0.5, 0.6) is 0 Å². The maximum absolute atomic E-state index is 12.5. The van der Waals surface area contributed by atoms with Gasteiger partial charge in [0.25, 0.3) is 11.8 Å². The molecule has 0 aliphatic carbocycles. The smallest absolute Gasteiger partial charge is 0.275 e. The predicted octanol–water partition coefficient (Wildman–Crippen LogP) is 2.09. The highest BCUT2D eigenvalue weighted by atomic mass is 16.2. The van der Waals surface area contributed by atoms with Crippen LogP contribution in [0.1, 0.15) is 39.4 Å². The lowest BCUT2D eigenvalue weighted by atomic mass is 9.74. The zero-order chi connectivity index (χ0) is 20.6. The Balaban J connectivity index is 1.46. The summed E-state index contributed by atoms with van der Waals surface area (Å²) in [5, 5.41) is 9.29. The van der Waals surface area contributed by atoms with E-state index in [0.29, 0.717) is 23.6 Å². The number of fused-ring (bicyclic) bond motifs is 2. The zero-order valence-corrected chi connectivity index (χ0v) is 16.4. The minimum Gasteiger partial charge on any atom is -0.357 e. The first-order valence-electron chi connectivity index (χ1n) is 10.1. The van der Waals surface area contributed by atoms with Gasteiger partial charge in [0.15, 0.2) is 0 Å². The molecule has 0 radical (unpaired) electrons. The molecule has 152 valence electrons. The number of aromatic nitrogens is 3. The van der Waals surface area contributed by atoms with Crippen molar-refractivity contribution in [1.29, 1.82) is 0 Å². The highest BCUT2D eigenvalue weighted by Crippen LogP contribution is 2.37. The van der Waals surface area contributed by atoms with Gasteiger partial charge >= 0.3 is 0 Å². The number of carbonyl (C=O) groups is 2. The van der Waals surface area contributed by atoms with Gasteiger partial charge < -0.3 is 20.9 Å². The predicted molar refractivity (Wildman–Crippen MR) is 112 cm³/mol. The number of amides is 2. The second-order valence-electron chi connectivity index (χ2n) is 7.81. The molecule has 0 saturated carbocycles. The highest BCUT2D eigenvalue weighted by molar-refractivity contribution is 6.02. The van der Waals surface area contributed by atoms with E-state index < -0.39 is 0 Å². The summed E-state index contributed by atoms with van der Waals surface area (Å²) in [6.07, 6.45) is 5.31.